The van der Waals surface area contributed by atoms with Gasteiger partial charge in [-0.3, -0.25) is 4.79 Å². The Morgan fingerprint density at radius 2 is 2.14 bits per heavy atom. The van der Waals surface area contributed by atoms with Crippen LogP contribution in [0.25, 0.3) is 0 Å². The topological polar surface area (TPSA) is 110 Å². The summed E-state index contributed by atoms with van der Waals surface area (Å²) in [5.41, 5.74) is 0.320. The quantitative estimate of drug-likeness (QED) is 0.795. The number of aromatic nitrogens is 1. The molecule has 0 spiro atoms. The Hall–Kier alpha value is -1.41. The first-order chi connectivity index (χ1) is 9.87. The summed E-state index contributed by atoms with van der Waals surface area (Å²) in [5.74, 6) is -1.37. The van der Waals surface area contributed by atoms with Crippen molar-refractivity contribution in [2.45, 2.75) is 50.8 Å². The summed E-state index contributed by atoms with van der Waals surface area (Å²) in [6, 6.07) is 1.00. The number of sulfonamides is 1. The van der Waals surface area contributed by atoms with E-state index in [0.29, 0.717) is 24.3 Å². The number of nitrogens with zero attached hydrogens (tertiary/aromatic N) is 1. The molecule has 0 amide bonds. The average Bonchev–Trinajstić information content (AvgIpc) is 2.63. The second kappa shape index (κ2) is 6.57. The molecule has 0 saturated heterocycles. The molecule has 1 aromatic rings. The van der Waals surface area contributed by atoms with Crippen molar-refractivity contribution in [3.63, 3.8) is 0 Å². The van der Waals surface area contributed by atoms with Crippen molar-refractivity contribution in [1.29, 1.82) is 0 Å². The molecule has 1 saturated carbocycles. The molecule has 2 atom stereocenters. The second-order valence-corrected chi connectivity index (χ2v) is 7.25. The van der Waals surface area contributed by atoms with Crippen LogP contribution in [-0.4, -0.2) is 30.7 Å². The molecule has 21 heavy (non-hydrogen) atoms. The van der Waals surface area contributed by atoms with Crippen LogP contribution in [0.3, 0.4) is 0 Å². The Morgan fingerprint density at radius 3 is 2.76 bits per heavy atom. The summed E-state index contributed by atoms with van der Waals surface area (Å²) >= 11 is 0. The molecule has 1 aliphatic carbocycles. The van der Waals surface area contributed by atoms with Crippen LogP contribution in [0.5, 0.6) is 0 Å². The minimum Gasteiger partial charge on any atom is -0.481 e. The number of hydrogen-bond acceptors (Lipinski definition) is 5. The molecule has 0 aliphatic heterocycles. The maximum Gasteiger partial charge on any atom is 0.308 e. The third kappa shape index (κ3) is 4.53. The summed E-state index contributed by atoms with van der Waals surface area (Å²) in [6.07, 6.45) is 3.64. The van der Waals surface area contributed by atoms with Crippen LogP contribution < -0.4 is 4.72 Å². The van der Waals surface area contributed by atoms with Crippen LogP contribution in [0, 0.1) is 12.8 Å². The zero-order valence-electron chi connectivity index (χ0n) is 11.9. The van der Waals surface area contributed by atoms with E-state index in [9.17, 15) is 18.3 Å². The molecule has 1 aromatic heterocycles. The highest BCUT2D eigenvalue weighted by atomic mass is 32.2. The predicted molar refractivity (Wildman–Crippen MR) is 75.0 cm³/mol. The molecule has 8 heteroatoms. The van der Waals surface area contributed by atoms with Crippen LogP contribution in [-0.2, 0) is 20.6 Å². The van der Waals surface area contributed by atoms with Crippen molar-refractivity contribution in [3.05, 3.63) is 17.5 Å². The molecule has 0 radical (unpaired) electrons. The molecule has 118 valence electrons. The lowest BCUT2D eigenvalue weighted by atomic mass is 9.96. The molecule has 2 N–H and O–H groups in total. The minimum absolute atomic E-state index is 0.298. The van der Waals surface area contributed by atoms with E-state index in [1.807, 2.05) is 0 Å². The number of hydrogen-bond donors (Lipinski definition) is 2. The van der Waals surface area contributed by atoms with Crippen LogP contribution in [0.4, 0.5) is 0 Å². The van der Waals surface area contributed by atoms with Crippen molar-refractivity contribution in [2.24, 2.45) is 5.92 Å². The number of carbonyl (C=O) groups is 1. The lowest BCUT2D eigenvalue weighted by Crippen LogP contribution is -2.43. The van der Waals surface area contributed by atoms with Crippen molar-refractivity contribution in [1.82, 2.24) is 9.88 Å². The van der Waals surface area contributed by atoms with Crippen LogP contribution in [0.1, 0.15) is 43.6 Å². The van der Waals surface area contributed by atoms with E-state index in [4.69, 9.17) is 4.52 Å². The maximum atomic E-state index is 12.2. The SMILES string of the molecule is Cc1cc(CS(=O)(=O)NC2CCCCCC2C(=O)O)no1. The summed E-state index contributed by atoms with van der Waals surface area (Å²) in [4.78, 5) is 11.3. The Kier molecular flexibility index (Phi) is 5.00. The maximum absolute atomic E-state index is 12.2. The van der Waals surface area contributed by atoms with Crippen molar-refractivity contribution in [2.75, 3.05) is 0 Å². The van der Waals surface area contributed by atoms with Gasteiger partial charge in [-0.25, -0.2) is 13.1 Å². The highest BCUT2D eigenvalue weighted by Crippen LogP contribution is 2.24. The largest absolute Gasteiger partial charge is 0.481 e. The van der Waals surface area contributed by atoms with E-state index in [-0.39, 0.29) is 5.75 Å². The first-order valence-electron chi connectivity index (χ1n) is 7.02. The Labute approximate surface area is 123 Å². The summed E-state index contributed by atoms with van der Waals surface area (Å²) < 4.78 is 31.7. The molecule has 1 aliphatic rings. The first kappa shape index (κ1) is 16.0. The zero-order chi connectivity index (χ0) is 15.5. The highest BCUT2D eigenvalue weighted by Gasteiger charge is 2.32. The third-order valence-electron chi connectivity index (χ3n) is 3.68. The Morgan fingerprint density at radius 1 is 1.43 bits per heavy atom. The van der Waals surface area contributed by atoms with Crippen molar-refractivity contribution in [3.8, 4) is 0 Å². The zero-order valence-corrected chi connectivity index (χ0v) is 12.7. The van der Waals surface area contributed by atoms with Gasteiger partial charge in [-0.2, -0.15) is 0 Å². The van der Waals surface area contributed by atoms with Crippen molar-refractivity contribution >= 4 is 16.0 Å². The number of nitrogens with one attached hydrogen (secondary N) is 1. The van der Waals surface area contributed by atoms with Gasteiger partial charge in [0.15, 0.2) is 0 Å². The van der Waals surface area contributed by atoms with Gasteiger partial charge in [0.25, 0.3) is 0 Å². The third-order valence-corrected chi connectivity index (χ3v) is 5.02. The van der Waals surface area contributed by atoms with Crippen molar-refractivity contribution < 1.29 is 22.8 Å². The van der Waals surface area contributed by atoms with Gasteiger partial charge >= 0.3 is 5.97 Å². The second-order valence-electron chi connectivity index (χ2n) is 5.50. The van der Waals surface area contributed by atoms with E-state index < -0.39 is 28.0 Å². The van der Waals surface area contributed by atoms with E-state index in [1.54, 1.807) is 13.0 Å². The van der Waals surface area contributed by atoms with E-state index in [2.05, 4.69) is 9.88 Å². The predicted octanol–water partition coefficient (Wildman–Crippen LogP) is 1.44. The van der Waals surface area contributed by atoms with Gasteiger partial charge in [0.1, 0.15) is 17.2 Å². The Balaban J connectivity index is 2.07. The first-order valence-corrected chi connectivity index (χ1v) is 8.67. The monoisotopic (exact) mass is 316 g/mol. The van der Waals surface area contributed by atoms with E-state index >= 15 is 0 Å². The standard InChI is InChI=1S/C13H20N2O5S/c1-9-7-10(14-20-9)8-21(18,19)15-12-6-4-2-3-5-11(12)13(16)17/h7,11-12,15H,2-6,8H2,1H3,(H,16,17). The van der Waals surface area contributed by atoms with Crippen LogP contribution in [0.15, 0.2) is 10.6 Å². The van der Waals surface area contributed by atoms with Gasteiger partial charge in [0.05, 0.1) is 5.92 Å². The highest BCUT2D eigenvalue weighted by molar-refractivity contribution is 7.88. The molecule has 1 heterocycles. The minimum atomic E-state index is -3.64. The summed E-state index contributed by atoms with van der Waals surface area (Å²) in [5, 5.41) is 12.9. The molecular weight excluding hydrogens is 296 g/mol. The number of carboxylic acids is 1. The number of aliphatic carboxylic acids is 1. The fourth-order valence-corrected chi connectivity index (χ4v) is 4.05. The smallest absolute Gasteiger partial charge is 0.308 e. The van der Waals surface area contributed by atoms with Gasteiger partial charge in [-0.05, 0) is 19.8 Å². The molecular formula is C13H20N2O5S. The molecule has 2 rings (SSSR count). The van der Waals surface area contributed by atoms with Gasteiger partial charge in [0, 0.05) is 12.1 Å². The lowest BCUT2D eigenvalue weighted by Gasteiger charge is -2.22. The fraction of sp³-hybridized carbons (Fsp3) is 0.692. The number of carboxylic acid groups (broad SMARTS) is 1. The molecule has 7 nitrogen and oxygen atoms in total. The van der Waals surface area contributed by atoms with E-state index in [0.717, 1.165) is 19.3 Å². The Bertz CT molecular complexity index is 595. The van der Waals surface area contributed by atoms with Gasteiger partial charge in [0.2, 0.25) is 10.0 Å². The fourth-order valence-electron chi connectivity index (χ4n) is 2.70. The molecule has 0 bridgehead atoms. The van der Waals surface area contributed by atoms with Gasteiger partial charge < -0.3 is 9.63 Å². The van der Waals surface area contributed by atoms with Gasteiger partial charge in [-0.1, -0.05) is 24.4 Å². The molecule has 2 unspecified atom stereocenters. The number of aryl methyl sites for hydroxylation is 1. The van der Waals surface area contributed by atoms with Crippen LogP contribution >= 0.6 is 0 Å². The molecule has 1 fully saturated rings. The lowest BCUT2D eigenvalue weighted by molar-refractivity contribution is -0.142. The molecule has 0 aromatic carbocycles. The number of rotatable bonds is 5. The van der Waals surface area contributed by atoms with E-state index in [1.165, 1.54) is 0 Å². The average molecular weight is 316 g/mol. The summed E-state index contributed by atoms with van der Waals surface area (Å²) in [7, 11) is -3.64. The van der Waals surface area contributed by atoms with Gasteiger partial charge in [-0.15, -0.1) is 0 Å². The summed E-state index contributed by atoms with van der Waals surface area (Å²) in [6.45, 7) is 1.68. The normalized spacial score (nSPS) is 23.7. The van der Waals surface area contributed by atoms with Crippen LogP contribution in [0.2, 0.25) is 0 Å².